The summed E-state index contributed by atoms with van der Waals surface area (Å²) in [7, 11) is -3.71. The Balaban J connectivity index is 2.02. The number of carbonyl (C=O) groups excluding carboxylic acids is 2. The van der Waals surface area contributed by atoms with Gasteiger partial charge in [0.05, 0.1) is 21.9 Å². The highest BCUT2D eigenvalue weighted by atomic mass is 35.5. The van der Waals surface area contributed by atoms with Gasteiger partial charge < -0.3 is 14.5 Å². The number of sulfonamides is 1. The van der Waals surface area contributed by atoms with Crippen LogP contribution in [0.15, 0.2) is 52.0 Å². The molecule has 0 fully saturated rings. The first-order valence-corrected chi connectivity index (χ1v) is 10.6. The van der Waals surface area contributed by atoms with Crippen LogP contribution in [-0.2, 0) is 24.3 Å². The van der Waals surface area contributed by atoms with Crippen molar-refractivity contribution < 1.29 is 27.2 Å². The molecule has 10 heteroatoms. The third-order valence-corrected chi connectivity index (χ3v) is 6.20. The number of halogens is 1. The molecule has 2 rings (SSSR count). The molecule has 1 N–H and O–H groups in total. The topological polar surface area (TPSA) is 106 Å². The first kappa shape index (κ1) is 22.7. The highest BCUT2D eigenvalue weighted by Gasteiger charge is 2.22. The number of nitrogens with one attached hydrogen (secondary N) is 1. The number of carbonyl (C=O) groups is 2. The van der Waals surface area contributed by atoms with Crippen LogP contribution in [-0.4, -0.2) is 44.3 Å². The lowest BCUT2D eigenvalue weighted by Crippen LogP contribution is -2.30. The molecule has 8 nitrogen and oxygen atoms in total. The molecule has 1 amide bonds. The van der Waals surface area contributed by atoms with Crippen LogP contribution < -0.4 is 5.32 Å². The summed E-state index contributed by atoms with van der Waals surface area (Å²) in [4.78, 5) is 23.7. The van der Waals surface area contributed by atoms with Crippen LogP contribution in [0.1, 0.15) is 19.6 Å². The van der Waals surface area contributed by atoms with Crippen molar-refractivity contribution >= 4 is 45.3 Å². The van der Waals surface area contributed by atoms with Crippen LogP contribution in [0.5, 0.6) is 0 Å². The van der Waals surface area contributed by atoms with Crippen molar-refractivity contribution in [3.8, 4) is 0 Å². The first-order valence-electron chi connectivity index (χ1n) is 8.75. The van der Waals surface area contributed by atoms with E-state index in [1.54, 1.807) is 26.0 Å². The maximum Gasteiger partial charge on any atom is 0.331 e. The van der Waals surface area contributed by atoms with Crippen LogP contribution in [0.25, 0.3) is 6.08 Å². The molecule has 1 aromatic heterocycles. The number of esters is 1. The van der Waals surface area contributed by atoms with Gasteiger partial charge in [-0.25, -0.2) is 13.2 Å². The molecule has 1 heterocycles. The Morgan fingerprint density at radius 1 is 1.24 bits per heavy atom. The van der Waals surface area contributed by atoms with Crippen LogP contribution in [0.4, 0.5) is 5.69 Å². The quantitative estimate of drug-likeness (QED) is 0.474. The lowest BCUT2D eigenvalue weighted by molar-refractivity contribution is -0.142. The van der Waals surface area contributed by atoms with E-state index in [2.05, 4.69) is 5.32 Å². The van der Waals surface area contributed by atoms with Gasteiger partial charge in [-0.3, -0.25) is 4.79 Å². The summed E-state index contributed by atoms with van der Waals surface area (Å²) in [6.07, 6.45) is 3.98. The van der Waals surface area contributed by atoms with E-state index in [1.807, 2.05) is 0 Å². The van der Waals surface area contributed by atoms with Gasteiger partial charge in [-0.05, 0) is 36.4 Å². The number of hydrogen-bond acceptors (Lipinski definition) is 6. The maximum atomic E-state index is 12.6. The second kappa shape index (κ2) is 10.2. The molecular weight excluding hydrogens is 420 g/mol. The van der Waals surface area contributed by atoms with Gasteiger partial charge in [0.2, 0.25) is 10.0 Å². The van der Waals surface area contributed by atoms with Crippen molar-refractivity contribution in [2.75, 3.05) is 25.0 Å². The fourth-order valence-electron chi connectivity index (χ4n) is 2.38. The number of nitrogens with zero attached hydrogens (tertiary/aromatic N) is 1. The molecule has 156 valence electrons. The second-order valence-electron chi connectivity index (χ2n) is 5.74. The molecule has 0 unspecified atom stereocenters. The Morgan fingerprint density at radius 2 is 1.97 bits per heavy atom. The van der Waals surface area contributed by atoms with Gasteiger partial charge >= 0.3 is 5.97 Å². The molecule has 0 radical (unpaired) electrons. The van der Waals surface area contributed by atoms with E-state index in [0.717, 1.165) is 6.08 Å². The highest BCUT2D eigenvalue weighted by molar-refractivity contribution is 7.89. The van der Waals surface area contributed by atoms with Gasteiger partial charge in [0, 0.05) is 19.2 Å². The third kappa shape index (κ3) is 6.18. The van der Waals surface area contributed by atoms with E-state index in [1.165, 1.54) is 34.8 Å². The van der Waals surface area contributed by atoms with Crippen molar-refractivity contribution in [2.45, 2.75) is 18.7 Å². The molecule has 0 aliphatic heterocycles. The average Bonchev–Trinajstić information content (AvgIpc) is 3.20. The molecule has 0 aliphatic rings. The van der Waals surface area contributed by atoms with E-state index in [9.17, 15) is 18.0 Å². The van der Waals surface area contributed by atoms with Crippen LogP contribution in [0.2, 0.25) is 5.02 Å². The predicted molar refractivity (Wildman–Crippen MR) is 109 cm³/mol. The molecule has 1 aromatic carbocycles. The zero-order valence-electron chi connectivity index (χ0n) is 15.9. The number of amides is 1. The van der Waals surface area contributed by atoms with E-state index in [-0.39, 0.29) is 15.6 Å². The number of ether oxygens (including phenoxy) is 1. The Labute approximate surface area is 174 Å². The maximum absolute atomic E-state index is 12.6. The number of benzene rings is 1. The summed E-state index contributed by atoms with van der Waals surface area (Å²) in [5.41, 5.74) is 0.104. The average molecular weight is 441 g/mol. The van der Waals surface area contributed by atoms with E-state index in [4.69, 9.17) is 20.8 Å². The summed E-state index contributed by atoms with van der Waals surface area (Å²) in [5, 5.41) is 2.60. The first-order chi connectivity index (χ1) is 13.8. The summed E-state index contributed by atoms with van der Waals surface area (Å²) in [6, 6.07) is 7.33. The zero-order valence-corrected chi connectivity index (χ0v) is 17.5. The van der Waals surface area contributed by atoms with E-state index < -0.39 is 28.5 Å². The van der Waals surface area contributed by atoms with Crippen LogP contribution in [0.3, 0.4) is 0 Å². The van der Waals surface area contributed by atoms with Crippen LogP contribution in [0, 0.1) is 0 Å². The van der Waals surface area contributed by atoms with Gasteiger partial charge in [-0.15, -0.1) is 0 Å². The van der Waals surface area contributed by atoms with Crippen molar-refractivity contribution in [3.63, 3.8) is 0 Å². The van der Waals surface area contributed by atoms with E-state index >= 15 is 0 Å². The minimum absolute atomic E-state index is 0.000670. The molecule has 0 aliphatic carbocycles. The minimum Gasteiger partial charge on any atom is -0.465 e. The zero-order chi connectivity index (χ0) is 21.4. The molecule has 0 spiro atoms. The standard InChI is InChI=1S/C19H21ClN2O6S/c1-3-22(4-2)29(25,26)15-8-9-16(20)17(12-15)21-18(23)13-28-19(24)10-7-14-6-5-11-27-14/h5-12H,3-4,13H2,1-2H3,(H,21,23). The van der Waals surface area contributed by atoms with Gasteiger partial charge in [0.1, 0.15) is 5.76 Å². The second-order valence-corrected chi connectivity index (χ2v) is 8.08. The number of furan rings is 1. The van der Waals surface area contributed by atoms with Gasteiger partial charge in [0.15, 0.2) is 6.61 Å². The summed E-state index contributed by atoms with van der Waals surface area (Å²) in [5.74, 6) is -0.936. The summed E-state index contributed by atoms with van der Waals surface area (Å²) in [6.45, 7) is 3.52. The molecule has 0 atom stereocenters. The van der Waals surface area contributed by atoms with Crippen molar-refractivity contribution in [2.24, 2.45) is 0 Å². The third-order valence-electron chi connectivity index (χ3n) is 3.83. The Bertz CT molecular complexity index is 982. The minimum atomic E-state index is -3.71. The normalized spacial score (nSPS) is 11.7. The number of rotatable bonds is 9. The monoisotopic (exact) mass is 440 g/mol. The molecular formula is C19H21ClN2O6S. The number of hydrogen-bond donors (Lipinski definition) is 1. The fraction of sp³-hybridized carbons (Fsp3) is 0.263. The Hall–Kier alpha value is -2.62. The predicted octanol–water partition coefficient (Wildman–Crippen LogP) is 3.16. The van der Waals surface area contributed by atoms with Gasteiger partial charge in [-0.1, -0.05) is 25.4 Å². The van der Waals surface area contributed by atoms with Crippen molar-refractivity contribution in [3.05, 3.63) is 53.5 Å². The van der Waals surface area contributed by atoms with E-state index in [0.29, 0.717) is 18.8 Å². The van der Waals surface area contributed by atoms with Crippen molar-refractivity contribution in [1.82, 2.24) is 4.31 Å². The molecule has 2 aromatic rings. The van der Waals surface area contributed by atoms with Crippen LogP contribution >= 0.6 is 11.6 Å². The smallest absolute Gasteiger partial charge is 0.331 e. The Morgan fingerprint density at radius 3 is 2.59 bits per heavy atom. The van der Waals surface area contributed by atoms with Gasteiger partial charge in [0.25, 0.3) is 5.91 Å². The summed E-state index contributed by atoms with van der Waals surface area (Å²) >= 11 is 6.05. The fourth-order valence-corrected chi connectivity index (χ4v) is 4.03. The lowest BCUT2D eigenvalue weighted by atomic mass is 10.3. The Kier molecular flexibility index (Phi) is 8.00. The molecule has 0 saturated heterocycles. The summed E-state index contributed by atoms with van der Waals surface area (Å²) < 4.78 is 36.4. The SMILES string of the molecule is CCN(CC)S(=O)(=O)c1ccc(Cl)c(NC(=O)COC(=O)C=Cc2ccco2)c1. The molecule has 0 saturated carbocycles. The molecule has 0 bridgehead atoms. The van der Waals surface area contributed by atoms with Gasteiger partial charge in [-0.2, -0.15) is 4.31 Å². The highest BCUT2D eigenvalue weighted by Crippen LogP contribution is 2.27. The number of anilines is 1. The molecule has 29 heavy (non-hydrogen) atoms. The largest absolute Gasteiger partial charge is 0.465 e. The lowest BCUT2D eigenvalue weighted by Gasteiger charge is -2.19. The van der Waals surface area contributed by atoms with Crippen molar-refractivity contribution in [1.29, 1.82) is 0 Å².